The SMILES string of the molecule is CC(C)(C)OC(=O)Nc1cccc(C(=O)OCC(=O)N2CCCC[C@@H]2C(N)=O)c1. The molecular formula is C20H27N3O6. The van der Waals surface area contributed by atoms with Crippen LogP contribution >= 0.6 is 0 Å². The first kappa shape index (κ1) is 22.2. The van der Waals surface area contributed by atoms with Crippen LogP contribution in [0.25, 0.3) is 0 Å². The van der Waals surface area contributed by atoms with Crippen LogP contribution < -0.4 is 11.1 Å². The van der Waals surface area contributed by atoms with Gasteiger partial charge in [-0.05, 0) is 58.2 Å². The van der Waals surface area contributed by atoms with Gasteiger partial charge in [0.1, 0.15) is 11.6 Å². The highest BCUT2D eigenvalue weighted by atomic mass is 16.6. The number of carbonyl (C=O) groups excluding carboxylic acids is 4. The molecule has 29 heavy (non-hydrogen) atoms. The van der Waals surface area contributed by atoms with Crippen LogP contribution in [0.4, 0.5) is 10.5 Å². The van der Waals surface area contributed by atoms with E-state index in [0.29, 0.717) is 18.7 Å². The molecule has 3 N–H and O–H groups in total. The molecule has 0 spiro atoms. The fraction of sp³-hybridized carbons (Fsp3) is 0.500. The van der Waals surface area contributed by atoms with Gasteiger partial charge in [-0.15, -0.1) is 0 Å². The number of carbonyl (C=O) groups is 4. The van der Waals surface area contributed by atoms with Gasteiger partial charge in [-0.2, -0.15) is 0 Å². The molecule has 1 heterocycles. The molecule has 0 aliphatic carbocycles. The standard InChI is InChI=1S/C20H27N3O6/c1-20(2,3)29-19(27)22-14-8-6-7-13(11-14)18(26)28-12-16(24)23-10-5-4-9-15(23)17(21)25/h6-8,11,15H,4-5,9-10,12H2,1-3H3,(H2,21,25)(H,22,27)/t15-/m1/s1. The molecule has 0 aromatic heterocycles. The van der Waals surface area contributed by atoms with Crippen molar-refractivity contribution >= 4 is 29.6 Å². The van der Waals surface area contributed by atoms with Crippen molar-refractivity contribution in [2.45, 2.75) is 51.7 Å². The number of amides is 3. The second-order valence-electron chi connectivity index (χ2n) is 7.78. The van der Waals surface area contributed by atoms with E-state index in [1.54, 1.807) is 32.9 Å². The summed E-state index contributed by atoms with van der Waals surface area (Å²) in [4.78, 5) is 49.4. The summed E-state index contributed by atoms with van der Waals surface area (Å²) in [5.74, 6) is -1.76. The molecular weight excluding hydrogens is 378 g/mol. The van der Waals surface area contributed by atoms with Gasteiger partial charge in [0.15, 0.2) is 6.61 Å². The zero-order valence-corrected chi connectivity index (χ0v) is 16.9. The molecule has 0 saturated carbocycles. The van der Waals surface area contributed by atoms with E-state index in [-0.39, 0.29) is 5.56 Å². The van der Waals surface area contributed by atoms with Gasteiger partial charge in [-0.3, -0.25) is 14.9 Å². The number of nitrogens with two attached hydrogens (primary N) is 1. The summed E-state index contributed by atoms with van der Waals surface area (Å²) in [6.45, 7) is 5.12. The Bertz CT molecular complexity index is 787. The number of rotatable bonds is 5. The first-order valence-electron chi connectivity index (χ1n) is 9.43. The molecule has 1 aliphatic heterocycles. The molecule has 158 valence electrons. The lowest BCUT2D eigenvalue weighted by molar-refractivity contribution is -0.143. The molecule has 0 bridgehead atoms. The van der Waals surface area contributed by atoms with Crippen molar-refractivity contribution in [3.8, 4) is 0 Å². The smallest absolute Gasteiger partial charge is 0.412 e. The van der Waals surface area contributed by atoms with Crippen LogP contribution in [0.5, 0.6) is 0 Å². The maximum atomic E-state index is 12.4. The number of anilines is 1. The second-order valence-corrected chi connectivity index (χ2v) is 7.78. The maximum absolute atomic E-state index is 12.4. The van der Waals surface area contributed by atoms with Crippen LogP contribution in [0.15, 0.2) is 24.3 Å². The number of hydrogen-bond donors (Lipinski definition) is 2. The normalized spacial score (nSPS) is 16.7. The number of nitrogens with one attached hydrogen (secondary N) is 1. The summed E-state index contributed by atoms with van der Waals surface area (Å²) in [6.07, 6.45) is 1.44. The van der Waals surface area contributed by atoms with Crippen molar-refractivity contribution in [2.24, 2.45) is 5.73 Å². The van der Waals surface area contributed by atoms with Crippen LogP contribution in [0.3, 0.4) is 0 Å². The number of likely N-dealkylation sites (tertiary alicyclic amines) is 1. The average molecular weight is 405 g/mol. The topological polar surface area (TPSA) is 128 Å². The Morgan fingerprint density at radius 2 is 1.93 bits per heavy atom. The molecule has 0 radical (unpaired) electrons. The summed E-state index contributed by atoms with van der Waals surface area (Å²) >= 11 is 0. The van der Waals surface area contributed by atoms with Gasteiger partial charge >= 0.3 is 12.1 Å². The number of ether oxygens (including phenoxy) is 2. The first-order valence-corrected chi connectivity index (χ1v) is 9.43. The third kappa shape index (κ3) is 6.78. The van der Waals surface area contributed by atoms with E-state index in [2.05, 4.69) is 5.32 Å². The van der Waals surface area contributed by atoms with E-state index in [4.69, 9.17) is 15.2 Å². The minimum absolute atomic E-state index is 0.163. The lowest BCUT2D eigenvalue weighted by atomic mass is 10.0. The highest BCUT2D eigenvalue weighted by Crippen LogP contribution is 2.18. The molecule has 1 atom stereocenters. The lowest BCUT2D eigenvalue weighted by Crippen LogP contribution is -2.51. The Kier molecular flexibility index (Phi) is 7.19. The summed E-state index contributed by atoms with van der Waals surface area (Å²) in [5, 5.41) is 2.53. The minimum Gasteiger partial charge on any atom is -0.452 e. The third-order valence-corrected chi connectivity index (χ3v) is 4.22. The quantitative estimate of drug-likeness (QED) is 0.722. The third-order valence-electron chi connectivity index (χ3n) is 4.22. The van der Waals surface area contributed by atoms with Gasteiger partial charge in [0, 0.05) is 12.2 Å². The predicted octanol–water partition coefficient (Wildman–Crippen LogP) is 2.06. The Balaban J connectivity index is 1.94. The van der Waals surface area contributed by atoms with Crippen LogP contribution in [-0.4, -0.2) is 53.6 Å². The monoisotopic (exact) mass is 405 g/mol. The molecule has 2 rings (SSSR count). The zero-order valence-electron chi connectivity index (χ0n) is 16.9. The molecule has 1 aromatic rings. The van der Waals surface area contributed by atoms with Gasteiger partial charge in [-0.25, -0.2) is 9.59 Å². The Morgan fingerprint density at radius 3 is 2.59 bits per heavy atom. The molecule has 1 aliphatic rings. The van der Waals surface area contributed by atoms with E-state index in [0.717, 1.165) is 12.8 Å². The highest BCUT2D eigenvalue weighted by Gasteiger charge is 2.31. The molecule has 1 saturated heterocycles. The molecule has 1 aromatic carbocycles. The number of primary amides is 1. The molecule has 1 fully saturated rings. The number of esters is 1. The zero-order chi connectivity index (χ0) is 21.6. The Hall–Kier alpha value is -3.10. The van der Waals surface area contributed by atoms with Crippen molar-refractivity contribution in [2.75, 3.05) is 18.5 Å². The first-order chi connectivity index (χ1) is 13.6. The highest BCUT2D eigenvalue weighted by molar-refractivity contribution is 5.94. The van der Waals surface area contributed by atoms with Gasteiger partial charge < -0.3 is 20.1 Å². The van der Waals surface area contributed by atoms with E-state index in [1.807, 2.05) is 0 Å². The fourth-order valence-electron chi connectivity index (χ4n) is 2.96. The fourth-order valence-corrected chi connectivity index (χ4v) is 2.96. The molecule has 9 heteroatoms. The van der Waals surface area contributed by atoms with E-state index >= 15 is 0 Å². The molecule has 9 nitrogen and oxygen atoms in total. The van der Waals surface area contributed by atoms with Crippen molar-refractivity contribution < 1.29 is 28.7 Å². The Morgan fingerprint density at radius 1 is 1.21 bits per heavy atom. The van der Waals surface area contributed by atoms with Crippen LogP contribution in [0.1, 0.15) is 50.4 Å². The van der Waals surface area contributed by atoms with Crippen LogP contribution in [-0.2, 0) is 19.1 Å². The van der Waals surface area contributed by atoms with Gasteiger partial charge in [0.05, 0.1) is 5.56 Å². The predicted molar refractivity (Wildman–Crippen MR) is 105 cm³/mol. The van der Waals surface area contributed by atoms with E-state index < -0.39 is 42.1 Å². The largest absolute Gasteiger partial charge is 0.452 e. The van der Waals surface area contributed by atoms with Gasteiger partial charge in [0.2, 0.25) is 5.91 Å². The maximum Gasteiger partial charge on any atom is 0.412 e. The molecule has 0 unspecified atom stereocenters. The average Bonchev–Trinajstić information content (AvgIpc) is 2.64. The number of benzene rings is 1. The molecule has 3 amide bonds. The van der Waals surface area contributed by atoms with Crippen molar-refractivity contribution in [3.05, 3.63) is 29.8 Å². The number of nitrogens with zero attached hydrogens (tertiary/aromatic N) is 1. The van der Waals surface area contributed by atoms with Gasteiger partial charge in [-0.1, -0.05) is 6.07 Å². The second kappa shape index (κ2) is 9.40. The summed E-state index contributed by atoms with van der Waals surface area (Å²) < 4.78 is 10.2. The summed E-state index contributed by atoms with van der Waals surface area (Å²) in [6, 6.07) is 5.41. The number of piperidine rings is 1. The van der Waals surface area contributed by atoms with Crippen LogP contribution in [0, 0.1) is 0 Å². The summed E-state index contributed by atoms with van der Waals surface area (Å²) in [5.41, 5.74) is 5.21. The Labute approximate surface area is 169 Å². The van der Waals surface area contributed by atoms with E-state index in [9.17, 15) is 19.2 Å². The lowest BCUT2D eigenvalue weighted by Gasteiger charge is -2.33. The minimum atomic E-state index is -0.723. The van der Waals surface area contributed by atoms with Crippen molar-refractivity contribution in [1.29, 1.82) is 0 Å². The van der Waals surface area contributed by atoms with E-state index in [1.165, 1.54) is 17.0 Å². The van der Waals surface area contributed by atoms with Crippen molar-refractivity contribution in [3.63, 3.8) is 0 Å². The van der Waals surface area contributed by atoms with Crippen LogP contribution in [0.2, 0.25) is 0 Å². The van der Waals surface area contributed by atoms with Crippen molar-refractivity contribution in [1.82, 2.24) is 4.90 Å². The summed E-state index contributed by atoms with van der Waals surface area (Å²) in [7, 11) is 0. The van der Waals surface area contributed by atoms with Gasteiger partial charge in [0.25, 0.3) is 5.91 Å². The number of hydrogen-bond acceptors (Lipinski definition) is 6.